The molecule has 1 aliphatic heterocycles. The first-order chi connectivity index (χ1) is 7.95. The number of carbonyl (C=O) groups is 1. The molecule has 2 aliphatic rings. The largest absolute Gasteiger partial charge is 0.466 e. The zero-order valence-electron chi connectivity index (χ0n) is 10.8. The summed E-state index contributed by atoms with van der Waals surface area (Å²) < 4.78 is 10.3. The fourth-order valence-electron chi connectivity index (χ4n) is 3.03. The molecule has 2 fully saturated rings. The van der Waals surface area contributed by atoms with Gasteiger partial charge in [-0.2, -0.15) is 0 Å². The molecule has 17 heavy (non-hydrogen) atoms. The molecule has 0 bridgehead atoms. The first-order valence-corrected chi connectivity index (χ1v) is 6.80. The molecule has 0 aromatic carbocycles. The summed E-state index contributed by atoms with van der Waals surface area (Å²) in [6, 6.07) is 0. The van der Waals surface area contributed by atoms with Gasteiger partial charge in [-0.15, -0.1) is 0 Å². The van der Waals surface area contributed by atoms with Crippen LogP contribution in [-0.4, -0.2) is 23.7 Å². The lowest BCUT2D eigenvalue weighted by Gasteiger charge is -2.17. The van der Waals surface area contributed by atoms with Crippen LogP contribution in [0.3, 0.4) is 0 Å². The SMILES string of the molecule is COC(=O)C1(Cl)OC12CCCC(C(C)C)CC2. The maximum absolute atomic E-state index is 11.6. The van der Waals surface area contributed by atoms with Crippen LogP contribution in [-0.2, 0) is 14.3 Å². The van der Waals surface area contributed by atoms with Crippen molar-refractivity contribution in [1.29, 1.82) is 0 Å². The second-order valence-corrected chi connectivity index (χ2v) is 6.15. The Morgan fingerprint density at radius 3 is 2.71 bits per heavy atom. The van der Waals surface area contributed by atoms with Crippen LogP contribution in [0, 0.1) is 11.8 Å². The molecule has 1 spiro atoms. The van der Waals surface area contributed by atoms with Crippen LogP contribution in [0.4, 0.5) is 0 Å². The number of rotatable bonds is 2. The maximum Gasteiger partial charge on any atom is 0.357 e. The standard InChI is InChI=1S/C13H21ClO3/c1-9(2)10-5-4-7-12(8-6-10)13(14,17-12)11(15)16-3/h9-10H,4-8H2,1-3H3. The van der Waals surface area contributed by atoms with Gasteiger partial charge in [-0.05, 0) is 31.1 Å². The number of halogens is 1. The molecular weight excluding hydrogens is 240 g/mol. The molecule has 1 aliphatic carbocycles. The van der Waals surface area contributed by atoms with Gasteiger partial charge in [0.25, 0.3) is 5.06 Å². The molecule has 98 valence electrons. The molecule has 4 heteroatoms. The number of carbonyl (C=O) groups excluding carboxylic acids is 1. The average molecular weight is 261 g/mol. The van der Waals surface area contributed by atoms with E-state index < -0.39 is 16.6 Å². The number of hydrogen-bond acceptors (Lipinski definition) is 3. The Labute approximate surface area is 108 Å². The molecule has 3 nitrogen and oxygen atoms in total. The third-order valence-electron chi connectivity index (χ3n) is 4.35. The van der Waals surface area contributed by atoms with Crippen molar-refractivity contribution in [2.75, 3.05) is 7.11 Å². The van der Waals surface area contributed by atoms with Crippen LogP contribution in [0.2, 0.25) is 0 Å². The van der Waals surface area contributed by atoms with Gasteiger partial charge in [0, 0.05) is 0 Å². The van der Waals surface area contributed by atoms with Crippen LogP contribution >= 0.6 is 11.6 Å². The van der Waals surface area contributed by atoms with Crippen molar-refractivity contribution in [2.45, 2.75) is 56.6 Å². The highest BCUT2D eigenvalue weighted by Gasteiger charge is 2.74. The van der Waals surface area contributed by atoms with E-state index in [-0.39, 0.29) is 0 Å². The number of hydrogen-bond donors (Lipinski definition) is 0. The Morgan fingerprint density at radius 1 is 1.41 bits per heavy atom. The Balaban J connectivity index is 2.03. The monoisotopic (exact) mass is 260 g/mol. The normalized spacial score (nSPS) is 41.4. The molecule has 0 aromatic heterocycles. The van der Waals surface area contributed by atoms with Crippen molar-refractivity contribution in [3.8, 4) is 0 Å². The van der Waals surface area contributed by atoms with Crippen molar-refractivity contribution in [2.24, 2.45) is 11.8 Å². The number of alkyl halides is 1. The molecular formula is C13H21ClO3. The lowest BCUT2D eigenvalue weighted by Crippen LogP contribution is -2.30. The highest BCUT2D eigenvalue weighted by molar-refractivity contribution is 6.35. The van der Waals surface area contributed by atoms with E-state index in [1.54, 1.807) is 0 Å². The average Bonchev–Trinajstić information content (AvgIpc) is 2.95. The summed E-state index contributed by atoms with van der Waals surface area (Å²) in [6.07, 6.45) is 5.11. The maximum atomic E-state index is 11.6. The molecule has 2 rings (SSSR count). The highest BCUT2D eigenvalue weighted by atomic mass is 35.5. The molecule has 1 saturated carbocycles. The smallest absolute Gasteiger partial charge is 0.357 e. The van der Waals surface area contributed by atoms with E-state index >= 15 is 0 Å². The molecule has 0 aromatic rings. The van der Waals surface area contributed by atoms with Gasteiger partial charge in [0.15, 0.2) is 0 Å². The fraction of sp³-hybridized carbons (Fsp3) is 0.923. The topological polar surface area (TPSA) is 38.8 Å². The number of esters is 1. The Bertz CT molecular complexity index is 318. The van der Waals surface area contributed by atoms with Crippen LogP contribution in [0.15, 0.2) is 0 Å². The molecule has 1 saturated heterocycles. The second kappa shape index (κ2) is 4.43. The van der Waals surface area contributed by atoms with Gasteiger partial charge in [0.2, 0.25) is 0 Å². The molecule has 0 amide bonds. The zero-order chi connectivity index (χ0) is 12.7. The highest BCUT2D eigenvalue weighted by Crippen LogP contribution is 2.59. The number of ether oxygens (including phenoxy) is 2. The molecule has 3 unspecified atom stereocenters. The quantitative estimate of drug-likeness (QED) is 0.435. The first kappa shape index (κ1) is 13.2. The first-order valence-electron chi connectivity index (χ1n) is 6.43. The van der Waals surface area contributed by atoms with Crippen LogP contribution in [0.5, 0.6) is 0 Å². The van der Waals surface area contributed by atoms with E-state index in [0.29, 0.717) is 5.92 Å². The summed E-state index contributed by atoms with van der Waals surface area (Å²) in [5, 5.41) is -1.20. The predicted octanol–water partition coefficient (Wildman–Crippen LogP) is 3.10. The van der Waals surface area contributed by atoms with Crippen molar-refractivity contribution in [1.82, 2.24) is 0 Å². The van der Waals surface area contributed by atoms with Gasteiger partial charge in [-0.3, -0.25) is 0 Å². The van der Waals surface area contributed by atoms with Crippen molar-refractivity contribution >= 4 is 17.6 Å². The predicted molar refractivity (Wildman–Crippen MR) is 65.8 cm³/mol. The second-order valence-electron chi connectivity index (χ2n) is 5.62. The summed E-state index contributed by atoms with van der Waals surface area (Å²) in [7, 11) is 1.36. The van der Waals surface area contributed by atoms with Crippen molar-refractivity contribution < 1.29 is 14.3 Å². The summed E-state index contributed by atoms with van der Waals surface area (Å²) in [5.41, 5.74) is -0.453. The zero-order valence-corrected chi connectivity index (χ0v) is 11.5. The molecule has 0 N–H and O–H groups in total. The molecule has 1 heterocycles. The number of epoxide rings is 1. The third-order valence-corrected chi connectivity index (χ3v) is 4.92. The molecule has 3 atom stereocenters. The fourth-order valence-corrected chi connectivity index (χ4v) is 3.44. The summed E-state index contributed by atoms with van der Waals surface area (Å²) in [4.78, 5) is 11.6. The van der Waals surface area contributed by atoms with Crippen molar-refractivity contribution in [3.05, 3.63) is 0 Å². The third kappa shape index (κ3) is 2.08. The summed E-state index contributed by atoms with van der Waals surface area (Å²) in [5.74, 6) is 0.964. The summed E-state index contributed by atoms with van der Waals surface area (Å²) >= 11 is 6.23. The van der Waals surface area contributed by atoms with E-state index in [9.17, 15) is 4.79 Å². The van der Waals surface area contributed by atoms with E-state index in [1.807, 2.05) is 0 Å². The van der Waals surface area contributed by atoms with Gasteiger partial charge in [-0.25, -0.2) is 4.79 Å². The minimum atomic E-state index is -1.20. The van der Waals surface area contributed by atoms with E-state index in [0.717, 1.165) is 31.6 Å². The van der Waals surface area contributed by atoms with Crippen LogP contribution in [0.25, 0.3) is 0 Å². The number of methoxy groups -OCH3 is 1. The van der Waals surface area contributed by atoms with Gasteiger partial charge in [-0.1, -0.05) is 38.3 Å². The molecule has 0 radical (unpaired) electrons. The van der Waals surface area contributed by atoms with Crippen molar-refractivity contribution in [3.63, 3.8) is 0 Å². The minimum absolute atomic E-state index is 0.442. The van der Waals surface area contributed by atoms with Gasteiger partial charge in [0.1, 0.15) is 5.60 Å². The Kier molecular flexibility index (Phi) is 3.43. The van der Waals surface area contributed by atoms with Gasteiger partial charge < -0.3 is 9.47 Å². The minimum Gasteiger partial charge on any atom is -0.466 e. The van der Waals surface area contributed by atoms with E-state index in [2.05, 4.69) is 13.8 Å². The Hall–Kier alpha value is -0.280. The van der Waals surface area contributed by atoms with Crippen LogP contribution < -0.4 is 0 Å². The van der Waals surface area contributed by atoms with Crippen LogP contribution in [0.1, 0.15) is 46.0 Å². The summed E-state index contributed by atoms with van der Waals surface area (Å²) in [6.45, 7) is 4.51. The lowest BCUT2D eigenvalue weighted by molar-refractivity contribution is -0.143. The van der Waals surface area contributed by atoms with E-state index in [1.165, 1.54) is 13.5 Å². The van der Waals surface area contributed by atoms with Gasteiger partial charge in [0.05, 0.1) is 7.11 Å². The van der Waals surface area contributed by atoms with Gasteiger partial charge >= 0.3 is 5.97 Å². The van der Waals surface area contributed by atoms with E-state index in [4.69, 9.17) is 21.1 Å². The lowest BCUT2D eigenvalue weighted by atomic mass is 9.88. The Morgan fingerprint density at radius 2 is 2.12 bits per heavy atom.